The number of rotatable bonds is 2. The summed E-state index contributed by atoms with van der Waals surface area (Å²) in [6.07, 6.45) is 1.35. The largest absolute Gasteiger partial charge is 0.618 e. The molecule has 0 unspecified atom stereocenters. The third kappa shape index (κ3) is 2.51. The molecule has 1 heterocycles. The van der Waals surface area contributed by atoms with Crippen molar-refractivity contribution in [3.63, 3.8) is 0 Å². The van der Waals surface area contributed by atoms with E-state index in [1.54, 1.807) is 12.1 Å². The van der Waals surface area contributed by atoms with E-state index in [9.17, 15) is 15.2 Å². The van der Waals surface area contributed by atoms with Gasteiger partial charge in [0.1, 0.15) is 6.21 Å². The Morgan fingerprint density at radius 1 is 1.37 bits per heavy atom. The Kier molecular flexibility index (Phi) is 3.42. The highest BCUT2D eigenvalue weighted by atomic mass is 16.5. The average Bonchev–Trinajstić information content (AvgIpc) is 2.44. The number of carbonyl (C=O) groups excluding carboxylic acids is 1. The van der Waals surface area contributed by atoms with E-state index in [1.807, 2.05) is 5.43 Å². The molecule has 1 aromatic heterocycles. The van der Waals surface area contributed by atoms with Crippen LogP contribution >= 0.6 is 0 Å². The lowest BCUT2D eigenvalue weighted by Gasteiger charge is -2.05. The fraction of sp³-hybridized carbons (Fsp3) is 0.0909. The summed E-state index contributed by atoms with van der Waals surface area (Å²) in [7, 11) is 1.18. The van der Waals surface area contributed by atoms with Crippen molar-refractivity contribution >= 4 is 23.3 Å². The second-order valence-electron chi connectivity index (χ2n) is 3.52. The van der Waals surface area contributed by atoms with Gasteiger partial charge in [0.15, 0.2) is 0 Å². The van der Waals surface area contributed by atoms with Crippen molar-refractivity contribution in [2.45, 2.75) is 0 Å². The average molecular weight is 262 g/mol. The molecule has 2 aromatic rings. The number of nitrogens with one attached hydrogen (secondary N) is 1. The zero-order valence-electron chi connectivity index (χ0n) is 9.94. The number of carbonyl (C=O) groups is 1. The van der Waals surface area contributed by atoms with Gasteiger partial charge < -0.3 is 15.2 Å². The molecule has 0 aliphatic rings. The second-order valence-corrected chi connectivity index (χ2v) is 3.52. The van der Waals surface area contributed by atoms with E-state index in [0.717, 1.165) is 12.4 Å². The van der Waals surface area contributed by atoms with Gasteiger partial charge in [-0.1, -0.05) is 12.1 Å². The van der Waals surface area contributed by atoms with Crippen LogP contribution in [-0.2, 0) is 4.74 Å². The maximum Gasteiger partial charge on any atom is 0.427 e. The van der Waals surface area contributed by atoms with Crippen molar-refractivity contribution in [3.05, 3.63) is 46.6 Å². The van der Waals surface area contributed by atoms with Gasteiger partial charge in [0.05, 0.1) is 7.11 Å². The van der Waals surface area contributed by atoms with Crippen molar-refractivity contribution in [2.24, 2.45) is 5.10 Å². The molecule has 0 saturated carbocycles. The number of nitrogens with zero attached hydrogens (tertiary/aromatic N) is 3. The van der Waals surface area contributed by atoms with Crippen molar-refractivity contribution in [3.8, 4) is 0 Å². The van der Waals surface area contributed by atoms with Crippen LogP contribution in [0, 0.1) is 10.4 Å². The Hall–Kier alpha value is -2.90. The molecular weight excluding hydrogens is 252 g/mol. The first-order chi connectivity index (χ1) is 9.13. The summed E-state index contributed by atoms with van der Waals surface area (Å²) in [6.45, 7) is 0. The molecule has 8 nitrogen and oxygen atoms in total. The van der Waals surface area contributed by atoms with E-state index in [-0.39, 0.29) is 16.7 Å². The van der Waals surface area contributed by atoms with E-state index in [4.69, 9.17) is 0 Å². The number of fused-ring (bicyclic) bond motifs is 1. The lowest BCUT2D eigenvalue weighted by molar-refractivity contribution is -0.629. The van der Waals surface area contributed by atoms with Crippen LogP contribution in [0.1, 0.15) is 5.69 Å². The van der Waals surface area contributed by atoms with E-state index >= 15 is 0 Å². The minimum absolute atomic E-state index is 0.00916. The first kappa shape index (κ1) is 12.6. The molecule has 0 fully saturated rings. The van der Waals surface area contributed by atoms with Gasteiger partial charge in [-0.25, -0.2) is 10.2 Å². The quantitative estimate of drug-likeness (QED) is 0.350. The standard InChI is InChI=1S/C11H10N4O4/c1-19-11(16)13-12-6-8-7-14(17)9-4-2-3-5-10(9)15(8)18/h2-7H,1H3,(H,13,16)/b12-6+. The zero-order chi connectivity index (χ0) is 13.8. The fourth-order valence-electron chi connectivity index (χ4n) is 1.49. The molecule has 2 rings (SSSR count). The van der Waals surface area contributed by atoms with Crippen molar-refractivity contribution in [1.82, 2.24) is 5.43 Å². The molecule has 0 saturated heterocycles. The van der Waals surface area contributed by atoms with Crippen LogP contribution in [0.4, 0.5) is 4.79 Å². The molecule has 1 amide bonds. The third-order valence-electron chi connectivity index (χ3n) is 2.36. The molecule has 0 bridgehead atoms. The lowest BCUT2D eigenvalue weighted by Crippen LogP contribution is -2.41. The smallest absolute Gasteiger partial charge is 0.427 e. The van der Waals surface area contributed by atoms with Crippen molar-refractivity contribution < 1.29 is 19.0 Å². The fourth-order valence-corrected chi connectivity index (χ4v) is 1.49. The van der Waals surface area contributed by atoms with Crippen LogP contribution in [0.3, 0.4) is 0 Å². The van der Waals surface area contributed by atoms with E-state index < -0.39 is 6.09 Å². The van der Waals surface area contributed by atoms with E-state index in [1.165, 1.54) is 19.2 Å². The van der Waals surface area contributed by atoms with Crippen molar-refractivity contribution in [1.29, 1.82) is 0 Å². The van der Waals surface area contributed by atoms with Crippen LogP contribution in [0.2, 0.25) is 0 Å². The molecule has 0 spiro atoms. The monoisotopic (exact) mass is 262 g/mol. The van der Waals surface area contributed by atoms with Crippen LogP contribution in [0.25, 0.3) is 11.0 Å². The molecule has 1 N–H and O–H groups in total. The summed E-state index contributed by atoms with van der Waals surface area (Å²) in [5.41, 5.74) is 2.46. The molecule has 0 atom stereocenters. The zero-order valence-corrected chi connectivity index (χ0v) is 9.94. The molecule has 0 radical (unpaired) electrons. The molecule has 8 heteroatoms. The first-order valence-electron chi connectivity index (χ1n) is 5.25. The summed E-state index contributed by atoms with van der Waals surface area (Å²) >= 11 is 0. The van der Waals surface area contributed by atoms with E-state index in [2.05, 4.69) is 9.84 Å². The van der Waals surface area contributed by atoms with Crippen molar-refractivity contribution in [2.75, 3.05) is 7.11 Å². The minimum Gasteiger partial charge on any atom is -0.618 e. The third-order valence-corrected chi connectivity index (χ3v) is 2.36. The maximum absolute atomic E-state index is 12.0. The summed E-state index contributed by atoms with van der Waals surface area (Å²) in [5, 5.41) is 27.1. The minimum atomic E-state index is -0.774. The molecule has 0 aliphatic carbocycles. The number of hydrogen-bond donors (Lipinski definition) is 1. The number of benzene rings is 1. The van der Waals surface area contributed by atoms with Gasteiger partial charge in [-0.15, -0.1) is 0 Å². The first-order valence-corrected chi connectivity index (χ1v) is 5.25. The Labute approximate surface area is 107 Å². The Balaban J connectivity index is 2.39. The van der Waals surface area contributed by atoms with E-state index in [0.29, 0.717) is 9.46 Å². The lowest BCUT2D eigenvalue weighted by atomic mass is 10.3. The summed E-state index contributed by atoms with van der Waals surface area (Å²) < 4.78 is 5.40. The number of methoxy groups -OCH3 is 1. The van der Waals surface area contributed by atoms with Gasteiger partial charge in [0, 0.05) is 12.1 Å². The topological polar surface area (TPSA) is 105 Å². The highest BCUT2D eigenvalue weighted by molar-refractivity contribution is 5.78. The number of para-hydroxylation sites is 2. The second kappa shape index (κ2) is 5.17. The van der Waals surface area contributed by atoms with Crippen LogP contribution in [-0.4, -0.2) is 19.4 Å². The predicted octanol–water partition coefficient (Wildman–Crippen LogP) is -0.203. The predicted molar refractivity (Wildman–Crippen MR) is 65.0 cm³/mol. The number of ether oxygens (including phenoxy) is 1. The highest BCUT2D eigenvalue weighted by Gasteiger charge is 2.17. The van der Waals surface area contributed by atoms with Crippen LogP contribution in [0.15, 0.2) is 35.6 Å². The summed E-state index contributed by atoms with van der Waals surface area (Å²) in [5.74, 6) is 0. The van der Waals surface area contributed by atoms with Gasteiger partial charge in [0.2, 0.25) is 0 Å². The molecular formula is C11H10N4O4. The SMILES string of the molecule is COC(=O)N/N=C/c1c[n+]([O-])c2ccccc2[n+]1[O-]. The number of hydrogen-bond acceptors (Lipinski definition) is 5. The maximum atomic E-state index is 12.0. The molecule has 19 heavy (non-hydrogen) atoms. The normalized spacial score (nSPS) is 10.8. The highest BCUT2D eigenvalue weighted by Crippen LogP contribution is 2.03. The van der Waals surface area contributed by atoms with Crippen LogP contribution < -0.4 is 14.9 Å². The van der Waals surface area contributed by atoms with Crippen LogP contribution in [0.5, 0.6) is 0 Å². The molecule has 98 valence electrons. The Morgan fingerprint density at radius 2 is 2.05 bits per heavy atom. The molecule has 1 aromatic carbocycles. The van der Waals surface area contributed by atoms with Gasteiger partial charge in [-0.05, 0) is 0 Å². The van der Waals surface area contributed by atoms with Gasteiger partial charge in [0.25, 0.3) is 17.2 Å². The number of amides is 1. The van der Waals surface area contributed by atoms with Gasteiger partial charge in [-0.3, -0.25) is 0 Å². The molecule has 0 aliphatic heterocycles. The summed E-state index contributed by atoms with van der Waals surface area (Å²) in [6, 6.07) is 6.35. The van der Waals surface area contributed by atoms with Gasteiger partial charge >= 0.3 is 11.8 Å². The van der Waals surface area contributed by atoms with Gasteiger partial charge in [-0.2, -0.15) is 14.6 Å². The number of aromatic nitrogens is 2. The number of hydrazone groups is 1. The Bertz CT molecular complexity index is 656. The Morgan fingerprint density at radius 3 is 2.74 bits per heavy atom. The summed E-state index contributed by atoms with van der Waals surface area (Å²) in [4.78, 5) is 10.8.